The number of nitrogens with one attached hydrogen (secondary N) is 2. The zero-order valence-electron chi connectivity index (χ0n) is 15.6. The lowest BCUT2D eigenvalue weighted by atomic mass is 10.3. The van der Waals surface area contributed by atoms with E-state index in [0.717, 1.165) is 0 Å². The van der Waals surface area contributed by atoms with Gasteiger partial charge in [-0.2, -0.15) is 10.2 Å². The Morgan fingerprint density at radius 1 is 1.25 bits per heavy atom. The van der Waals surface area contributed by atoms with Gasteiger partial charge in [-0.1, -0.05) is 11.6 Å². The number of hydrogen-bond acceptors (Lipinski definition) is 5. The molecule has 0 unspecified atom stereocenters. The SMILES string of the molecule is CCn1cc(NC(=O)CCn2cc(Cl)c(C)n2)c(C(=O)NCc2ccco2)n1. The fourth-order valence-electron chi connectivity index (χ4n) is 2.54. The van der Waals surface area contributed by atoms with E-state index < -0.39 is 5.91 Å². The zero-order valence-corrected chi connectivity index (χ0v) is 16.4. The maximum atomic E-state index is 12.5. The summed E-state index contributed by atoms with van der Waals surface area (Å²) in [7, 11) is 0. The molecule has 3 aromatic heterocycles. The number of rotatable bonds is 8. The summed E-state index contributed by atoms with van der Waals surface area (Å²) in [5, 5.41) is 14.5. The Morgan fingerprint density at radius 2 is 2.07 bits per heavy atom. The van der Waals surface area contributed by atoms with Crippen LogP contribution in [0.25, 0.3) is 0 Å². The van der Waals surface area contributed by atoms with Gasteiger partial charge in [0.2, 0.25) is 5.91 Å². The van der Waals surface area contributed by atoms with Crippen molar-refractivity contribution in [2.75, 3.05) is 5.32 Å². The number of halogens is 1. The molecule has 0 aliphatic carbocycles. The van der Waals surface area contributed by atoms with Gasteiger partial charge in [0.05, 0.1) is 29.2 Å². The minimum absolute atomic E-state index is 0.153. The van der Waals surface area contributed by atoms with Crippen molar-refractivity contribution >= 4 is 29.1 Å². The van der Waals surface area contributed by atoms with Crippen LogP contribution in [-0.2, 0) is 24.4 Å². The monoisotopic (exact) mass is 404 g/mol. The standard InChI is InChI=1S/C18H21ClN6O3/c1-3-24-11-15(17(23-24)18(27)20-9-13-5-4-8-28-13)21-16(26)6-7-25-10-14(19)12(2)22-25/h4-5,8,10-11H,3,6-7,9H2,1-2H3,(H,20,27)(H,21,26). The minimum Gasteiger partial charge on any atom is -0.467 e. The van der Waals surface area contributed by atoms with E-state index in [0.29, 0.717) is 35.3 Å². The second-order valence-electron chi connectivity index (χ2n) is 6.13. The first-order valence-electron chi connectivity index (χ1n) is 8.83. The lowest BCUT2D eigenvalue weighted by Crippen LogP contribution is -2.25. The summed E-state index contributed by atoms with van der Waals surface area (Å²) in [5.41, 5.74) is 1.22. The van der Waals surface area contributed by atoms with Gasteiger partial charge in [-0.15, -0.1) is 0 Å². The van der Waals surface area contributed by atoms with Crippen molar-refractivity contribution in [3.8, 4) is 0 Å². The molecule has 0 radical (unpaired) electrons. The van der Waals surface area contributed by atoms with E-state index in [1.54, 1.807) is 40.8 Å². The minimum atomic E-state index is -0.395. The number of carbonyl (C=O) groups is 2. The Bertz CT molecular complexity index is 941. The highest BCUT2D eigenvalue weighted by Crippen LogP contribution is 2.16. The molecule has 0 spiro atoms. The summed E-state index contributed by atoms with van der Waals surface area (Å²) < 4.78 is 8.40. The van der Waals surface area contributed by atoms with E-state index in [4.69, 9.17) is 16.0 Å². The largest absolute Gasteiger partial charge is 0.467 e. The van der Waals surface area contributed by atoms with E-state index in [1.165, 1.54) is 6.26 Å². The first kappa shape index (κ1) is 19.7. The van der Waals surface area contributed by atoms with Crippen molar-refractivity contribution in [3.63, 3.8) is 0 Å². The van der Waals surface area contributed by atoms with Crippen LogP contribution in [0, 0.1) is 6.92 Å². The van der Waals surface area contributed by atoms with Crippen LogP contribution in [0.4, 0.5) is 5.69 Å². The van der Waals surface area contributed by atoms with Crippen LogP contribution in [0.2, 0.25) is 5.02 Å². The van der Waals surface area contributed by atoms with Gasteiger partial charge in [0.15, 0.2) is 5.69 Å². The lowest BCUT2D eigenvalue weighted by molar-refractivity contribution is -0.116. The highest BCUT2D eigenvalue weighted by atomic mass is 35.5. The average molecular weight is 405 g/mol. The molecule has 3 aromatic rings. The van der Waals surface area contributed by atoms with Crippen LogP contribution in [0.1, 0.15) is 35.3 Å². The molecule has 28 heavy (non-hydrogen) atoms. The molecule has 2 N–H and O–H groups in total. The van der Waals surface area contributed by atoms with Crippen LogP contribution in [0.15, 0.2) is 35.2 Å². The number of amides is 2. The van der Waals surface area contributed by atoms with Crippen molar-refractivity contribution in [2.45, 2.75) is 39.9 Å². The zero-order chi connectivity index (χ0) is 20.1. The molecular formula is C18H21ClN6O3. The van der Waals surface area contributed by atoms with Crippen molar-refractivity contribution in [1.29, 1.82) is 0 Å². The maximum absolute atomic E-state index is 12.5. The van der Waals surface area contributed by atoms with E-state index >= 15 is 0 Å². The number of furan rings is 1. The summed E-state index contributed by atoms with van der Waals surface area (Å²) in [6.45, 7) is 4.87. The molecule has 3 rings (SSSR count). The Labute approximate surface area is 166 Å². The van der Waals surface area contributed by atoms with E-state index in [9.17, 15) is 9.59 Å². The summed E-state index contributed by atoms with van der Waals surface area (Å²) in [5.74, 6) is -0.0181. The van der Waals surface area contributed by atoms with Gasteiger partial charge < -0.3 is 15.1 Å². The smallest absolute Gasteiger partial charge is 0.274 e. The Morgan fingerprint density at radius 3 is 2.71 bits per heavy atom. The van der Waals surface area contributed by atoms with E-state index in [1.807, 2.05) is 6.92 Å². The lowest BCUT2D eigenvalue weighted by Gasteiger charge is -2.06. The third kappa shape index (κ3) is 4.80. The number of anilines is 1. The molecular weight excluding hydrogens is 384 g/mol. The summed E-state index contributed by atoms with van der Waals surface area (Å²) >= 11 is 5.97. The van der Waals surface area contributed by atoms with Gasteiger partial charge in [0.25, 0.3) is 5.91 Å². The van der Waals surface area contributed by atoms with Gasteiger partial charge in [-0.25, -0.2) is 0 Å². The molecule has 0 aliphatic rings. The van der Waals surface area contributed by atoms with Gasteiger partial charge in [0, 0.05) is 31.9 Å². The third-order valence-corrected chi connectivity index (χ3v) is 4.40. The maximum Gasteiger partial charge on any atom is 0.274 e. The Balaban J connectivity index is 1.62. The average Bonchev–Trinajstić information content (AvgIpc) is 3.39. The first-order chi connectivity index (χ1) is 13.5. The van der Waals surface area contributed by atoms with Crippen LogP contribution in [0.3, 0.4) is 0 Å². The molecule has 0 saturated carbocycles. The molecule has 0 aromatic carbocycles. The number of carbonyl (C=O) groups excluding carboxylic acids is 2. The molecule has 10 heteroatoms. The predicted octanol–water partition coefficient (Wildman–Crippen LogP) is 2.61. The van der Waals surface area contributed by atoms with Crippen molar-refractivity contribution < 1.29 is 14.0 Å². The highest BCUT2D eigenvalue weighted by molar-refractivity contribution is 6.31. The van der Waals surface area contributed by atoms with E-state index in [-0.39, 0.29) is 24.6 Å². The summed E-state index contributed by atoms with van der Waals surface area (Å²) in [4.78, 5) is 24.8. The quantitative estimate of drug-likeness (QED) is 0.600. The first-order valence-corrected chi connectivity index (χ1v) is 9.21. The van der Waals surface area contributed by atoms with Crippen LogP contribution in [-0.4, -0.2) is 31.4 Å². The third-order valence-electron chi connectivity index (χ3n) is 4.03. The molecule has 0 fully saturated rings. The molecule has 0 atom stereocenters. The van der Waals surface area contributed by atoms with Gasteiger partial charge >= 0.3 is 0 Å². The number of aryl methyl sites for hydroxylation is 3. The number of aromatic nitrogens is 4. The van der Waals surface area contributed by atoms with Crippen LogP contribution >= 0.6 is 11.6 Å². The molecule has 0 bridgehead atoms. The molecule has 3 heterocycles. The second kappa shape index (κ2) is 8.75. The molecule has 0 aliphatic heterocycles. The predicted molar refractivity (Wildman–Crippen MR) is 103 cm³/mol. The van der Waals surface area contributed by atoms with Gasteiger partial charge in [0.1, 0.15) is 5.76 Å². The number of nitrogens with zero attached hydrogens (tertiary/aromatic N) is 4. The number of hydrogen-bond donors (Lipinski definition) is 2. The summed E-state index contributed by atoms with van der Waals surface area (Å²) in [6.07, 6.45) is 5.02. The highest BCUT2D eigenvalue weighted by Gasteiger charge is 2.19. The topological polar surface area (TPSA) is 107 Å². The van der Waals surface area contributed by atoms with Gasteiger partial charge in [-0.05, 0) is 26.0 Å². The second-order valence-corrected chi connectivity index (χ2v) is 6.54. The van der Waals surface area contributed by atoms with Crippen LogP contribution in [0.5, 0.6) is 0 Å². The normalized spacial score (nSPS) is 10.8. The fraction of sp³-hybridized carbons (Fsp3) is 0.333. The van der Waals surface area contributed by atoms with Crippen molar-refractivity contribution in [1.82, 2.24) is 24.9 Å². The summed E-state index contributed by atoms with van der Waals surface area (Å²) in [6, 6.07) is 3.50. The Kier molecular flexibility index (Phi) is 6.15. The Hall–Kier alpha value is -3.07. The molecule has 9 nitrogen and oxygen atoms in total. The van der Waals surface area contributed by atoms with Crippen LogP contribution < -0.4 is 10.6 Å². The van der Waals surface area contributed by atoms with Crippen molar-refractivity contribution in [2.24, 2.45) is 0 Å². The molecule has 148 valence electrons. The van der Waals surface area contributed by atoms with Gasteiger partial charge in [-0.3, -0.25) is 19.0 Å². The fourth-order valence-corrected chi connectivity index (χ4v) is 2.69. The molecule has 0 saturated heterocycles. The molecule has 2 amide bonds. The van der Waals surface area contributed by atoms with E-state index in [2.05, 4.69) is 20.8 Å². The van der Waals surface area contributed by atoms with Crippen molar-refractivity contribution in [3.05, 3.63) is 53.0 Å².